The fourth-order valence-corrected chi connectivity index (χ4v) is 2.10. The molecule has 1 aliphatic rings. The van der Waals surface area contributed by atoms with E-state index in [0.29, 0.717) is 13.0 Å². The summed E-state index contributed by atoms with van der Waals surface area (Å²) in [6, 6.07) is 3.98. The fraction of sp³-hybridized carbons (Fsp3) is 0.308. The van der Waals surface area contributed by atoms with Crippen LogP contribution in [0.2, 0.25) is 5.02 Å². The van der Waals surface area contributed by atoms with Gasteiger partial charge < -0.3 is 21.1 Å². The topological polar surface area (TPSA) is 108 Å². The van der Waals surface area contributed by atoms with E-state index in [-0.39, 0.29) is 40.7 Å². The molecule has 1 aromatic carbocycles. The number of nitrogens with one attached hydrogen (secondary N) is 3. The van der Waals surface area contributed by atoms with Gasteiger partial charge in [0.25, 0.3) is 0 Å². The van der Waals surface area contributed by atoms with Gasteiger partial charge in [-0.1, -0.05) is 11.6 Å². The molecule has 0 bridgehead atoms. The highest BCUT2D eigenvalue weighted by Gasteiger charge is 2.21. The Kier molecular flexibility index (Phi) is 4.77. The molecule has 112 valence electrons. The third kappa shape index (κ3) is 4.17. The molecule has 2 amide bonds. The van der Waals surface area contributed by atoms with Gasteiger partial charge in [-0.2, -0.15) is 0 Å². The van der Waals surface area contributed by atoms with E-state index in [0.717, 1.165) is 0 Å². The Morgan fingerprint density at radius 1 is 1.43 bits per heavy atom. The van der Waals surface area contributed by atoms with Crippen LogP contribution in [0.25, 0.3) is 0 Å². The zero-order valence-corrected chi connectivity index (χ0v) is 11.7. The number of carbonyl (C=O) groups is 3. The molecule has 1 fully saturated rings. The number of halogens is 1. The summed E-state index contributed by atoms with van der Waals surface area (Å²) in [5.74, 6) is -1.51. The number of carbonyl (C=O) groups excluding carboxylic acids is 2. The molecule has 8 heteroatoms. The second-order valence-corrected chi connectivity index (χ2v) is 5.04. The summed E-state index contributed by atoms with van der Waals surface area (Å²) in [5, 5.41) is 17.3. The van der Waals surface area contributed by atoms with Crippen LogP contribution < -0.4 is 16.0 Å². The first-order valence-electron chi connectivity index (χ1n) is 6.28. The van der Waals surface area contributed by atoms with Crippen molar-refractivity contribution in [1.82, 2.24) is 10.6 Å². The van der Waals surface area contributed by atoms with Crippen LogP contribution in [-0.2, 0) is 9.59 Å². The molecule has 1 heterocycles. The first-order chi connectivity index (χ1) is 9.95. The Labute approximate surface area is 125 Å². The van der Waals surface area contributed by atoms with Crippen molar-refractivity contribution in [3.05, 3.63) is 28.8 Å². The van der Waals surface area contributed by atoms with E-state index < -0.39 is 5.97 Å². The summed E-state index contributed by atoms with van der Waals surface area (Å²) >= 11 is 5.91. The first-order valence-corrected chi connectivity index (χ1v) is 6.66. The number of hydrogen-bond donors (Lipinski definition) is 4. The van der Waals surface area contributed by atoms with Crippen molar-refractivity contribution in [3.63, 3.8) is 0 Å². The predicted octanol–water partition coefficient (Wildman–Crippen LogP) is 0.455. The quantitative estimate of drug-likeness (QED) is 0.632. The Hall–Kier alpha value is -2.12. The maximum Gasteiger partial charge on any atom is 0.335 e. The minimum atomic E-state index is -1.10. The summed E-state index contributed by atoms with van der Waals surface area (Å²) in [5.41, 5.74) is 0.275. The Morgan fingerprint density at radius 3 is 2.81 bits per heavy atom. The minimum Gasteiger partial charge on any atom is -0.478 e. The van der Waals surface area contributed by atoms with Crippen molar-refractivity contribution in [2.24, 2.45) is 0 Å². The number of carboxylic acid groups (broad SMARTS) is 1. The standard InChI is InChI=1S/C13H14ClN3O4/c14-9-2-1-7(13(20)21)3-10(9)17-12(19)6-15-8-4-11(18)16-5-8/h1-3,8,15H,4-6H2,(H,16,18)(H,17,19)(H,20,21). The number of benzene rings is 1. The van der Waals surface area contributed by atoms with Gasteiger partial charge in [0.05, 0.1) is 22.8 Å². The molecule has 21 heavy (non-hydrogen) atoms. The number of hydrogen-bond acceptors (Lipinski definition) is 4. The molecule has 1 aliphatic heterocycles. The average Bonchev–Trinajstić information content (AvgIpc) is 2.84. The van der Waals surface area contributed by atoms with Gasteiger partial charge in [-0.15, -0.1) is 0 Å². The monoisotopic (exact) mass is 311 g/mol. The highest BCUT2D eigenvalue weighted by molar-refractivity contribution is 6.33. The number of carboxylic acids is 1. The molecule has 0 aromatic heterocycles. The van der Waals surface area contributed by atoms with Crippen LogP contribution in [0.5, 0.6) is 0 Å². The van der Waals surface area contributed by atoms with Gasteiger partial charge in [-0.3, -0.25) is 9.59 Å². The lowest BCUT2D eigenvalue weighted by atomic mass is 10.2. The highest BCUT2D eigenvalue weighted by atomic mass is 35.5. The van der Waals surface area contributed by atoms with Gasteiger partial charge in [0.1, 0.15) is 0 Å². The summed E-state index contributed by atoms with van der Waals surface area (Å²) in [7, 11) is 0. The highest BCUT2D eigenvalue weighted by Crippen LogP contribution is 2.23. The third-order valence-corrected chi connectivity index (χ3v) is 3.35. The molecular weight excluding hydrogens is 298 g/mol. The van der Waals surface area contributed by atoms with Gasteiger partial charge in [-0.05, 0) is 18.2 Å². The van der Waals surface area contributed by atoms with E-state index in [2.05, 4.69) is 16.0 Å². The van der Waals surface area contributed by atoms with Gasteiger partial charge in [0, 0.05) is 19.0 Å². The fourth-order valence-electron chi connectivity index (χ4n) is 1.94. The van der Waals surface area contributed by atoms with E-state index in [1.807, 2.05) is 0 Å². The van der Waals surface area contributed by atoms with Crippen LogP contribution in [0.15, 0.2) is 18.2 Å². The Morgan fingerprint density at radius 2 is 2.19 bits per heavy atom. The van der Waals surface area contributed by atoms with Crippen LogP contribution in [0.4, 0.5) is 5.69 Å². The molecule has 0 radical (unpaired) electrons. The summed E-state index contributed by atoms with van der Waals surface area (Å²) in [6.45, 7) is 0.495. The summed E-state index contributed by atoms with van der Waals surface area (Å²) in [4.78, 5) is 33.7. The Balaban J connectivity index is 1.91. The van der Waals surface area contributed by atoms with Crippen LogP contribution in [0.1, 0.15) is 16.8 Å². The van der Waals surface area contributed by atoms with Crippen molar-refractivity contribution < 1.29 is 19.5 Å². The van der Waals surface area contributed by atoms with Crippen molar-refractivity contribution in [3.8, 4) is 0 Å². The summed E-state index contributed by atoms with van der Waals surface area (Å²) in [6.07, 6.45) is 0.336. The second kappa shape index (κ2) is 6.55. The molecule has 0 aliphatic carbocycles. The largest absolute Gasteiger partial charge is 0.478 e. The molecule has 1 unspecified atom stereocenters. The van der Waals surface area contributed by atoms with E-state index >= 15 is 0 Å². The zero-order valence-electron chi connectivity index (χ0n) is 11.0. The molecule has 1 saturated heterocycles. The van der Waals surface area contributed by atoms with Crippen LogP contribution in [0, 0.1) is 0 Å². The normalized spacial score (nSPS) is 17.4. The average molecular weight is 312 g/mol. The summed E-state index contributed by atoms with van der Waals surface area (Å²) < 4.78 is 0. The lowest BCUT2D eigenvalue weighted by Gasteiger charge is -2.11. The minimum absolute atomic E-state index is 0.00720. The number of rotatable bonds is 5. The predicted molar refractivity (Wildman–Crippen MR) is 76.5 cm³/mol. The van der Waals surface area contributed by atoms with Crippen LogP contribution in [0.3, 0.4) is 0 Å². The van der Waals surface area contributed by atoms with Crippen molar-refractivity contribution in [2.75, 3.05) is 18.4 Å². The van der Waals surface area contributed by atoms with Gasteiger partial charge in [0.15, 0.2) is 0 Å². The van der Waals surface area contributed by atoms with Gasteiger partial charge >= 0.3 is 5.97 Å². The molecule has 7 nitrogen and oxygen atoms in total. The van der Waals surface area contributed by atoms with Crippen LogP contribution >= 0.6 is 11.6 Å². The van der Waals surface area contributed by atoms with Crippen LogP contribution in [-0.4, -0.2) is 42.0 Å². The molecule has 2 rings (SSSR count). The third-order valence-electron chi connectivity index (χ3n) is 3.02. The van der Waals surface area contributed by atoms with Crippen molar-refractivity contribution in [2.45, 2.75) is 12.5 Å². The zero-order chi connectivity index (χ0) is 15.4. The van der Waals surface area contributed by atoms with E-state index in [1.54, 1.807) is 0 Å². The number of anilines is 1. The molecule has 1 atom stereocenters. The van der Waals surface area contributed by atoms with Gasteiger partial charge in [0.2, 0.25) is 11.8 Å². The first kappa shape index (κ1) is 15.3. The smallest absolute Gasteiger partial charge is 0.335 e. The maximum absolute atomic E-state index is 11.8. The molecule has 0 spiro atoms. The molecule has 4 N–H and O–H groups in total. The van der Waals surface area contributed by atoms with E-state index in [4.69, 9.17) is 16.7 Å². The SMILES string of the molecule is O=C1CC(NCC(=O)Nc2cc(C(=O)O)ccc2Cl)CN1. The Bertz CT molecular complexity index is 591. The van der Waals surface area contributed by atoms with Gasteiger partial charge in [-0.25, -0.2) is 4.79 Å². The molecule has 0 saturated carbocycles. The molecular formula is C13H14ClN3O4. The number of aromatic carboxylic acids is 1. The van der Waals surface area contributed by atoms with E-state index in [9.17, 15) is 14.4 Å². The second-order valence-electron chi connectivity index (χ2n) is 4.63. The lowest BCUT2D eigenvalue weighted by molar-refractivity contribution is -0.119. The van der Waals surface area contributed by atoms with E-state index in [1.165, 1.54) is 18.2 Å². The van der Waals surface area contributed by atoms with Crippen molar-refractivity contribution in [1.29, 1.82) is 0 Å². The number of amides is 2. The molecule has 1 aromatic rings. The van der Waals surface area contributed by atoms with Crippen molar-refractivity contribution >= 4 is 35.1 Å². The lowest BCUT2D eigenvalue weighted by Crippen LogP contribution is -2.37. The maximum atomic E-state index is 11.8.